The molecule has 0 N–H and O–H groups in total. The molecule has 0 aromatic heterocycles. The molecule has 0 aliphatic rings. The molecule has 0 radical (unpaired) electrons. The van der Waals surface area contributed by atoms with E-state index in [1.807, 2.05) is 0 Å². The number of hydrogen-bond donors (Lipinski definition) is 0. The fourth-order valence-corrected chi connectivity index (χ4v) is 5.84. The lowest BCUT2D eigenvalue weighted by molar-refractivity contribution is -0.194. The predicted octanol–water partition coefficient (Wildman–Crippen LogP) is 7.15. The molecule has 15 heteroatoms. The summed E-state index contributed by atoms with van der Waals surface area (Å²) in [5.41, 5.74) is 0. The summed E-state index contributed by atoms with van der Waals surface area (Å²) in [6.45, 7) is 3.82. The Morgan fingerprint density at radius 1 is 0.667 bits per heavy atom. The third-order valence-corrected chi connectivity index (χ3v) is 11.5. The number of nitrogens with zero attached hydrogens (tertiary/aromatic N) is 1. The van der Waals surface area contributed by atoms with Crippen LogP contribution in [0.3, 0.4) is 0 Å². The number of hydrogen-bond acceptors (Lipinski definition) is 4. The third-order valence-electron chi connectivity index (χ3n) is 4.29. The lowest BCUT2D eigenvalue weighted by atomic mass is 10.4. The molecular formula is C15H27F9NO3PSi. The van der Waals surface area contributed by atoms with Crippen molar-refractivity contribution in [1.82, 2.24) is 0 Å². The fourth-order valence-electron chi connectivity index (χ4n) is 1.67. The molecule has 182 valence electrons. The minimum absolute atomic E-state index is 0.878. The Hall–Kier alpha value is -0.303. The monoisotopic (exact) mass is 499 g/mol. The second kappa shape index (κ2) is 9.28. The second-order valence-electron chi connectivity index (χ2n) is 8.56. The molecule has 0 saturated carbocycles. The highest BCUT2D eigenvalue weighted by Crippen LogP contribution is 2.66. The fraction of sp³-hybridized carbons (Fsp3) is 1.00. The van der Waals surface area contributed by atoms with Crippen molar-refractivity contribution in [1.29, 1.82) is 0 Å². The van der Waals surface area contributed by atoms with Crippen LogP contribution >= 0.6 is 7.51 Å². The first kappa shape index (κ1) is 29.7. The summed E-state index contributed by atoms with van der Waals surface area (Å²) in [7, 11) is -7.12. The van der Waals surface area contributed by atoms with Gasteiger partial charge in [0.05, 0.1) is 8.07 Å². The van der Waals surface area contributed by atoms with Crippen LogP contribution in [-0.4, -0.2) is 56.9 Å². The van der Waals surface area contributed by atoms with Crippen LogP contribution in [0.4, 0.5) is 39.5 Å². The molecule has 0 fully saturated rings. The summed E-state index contributed by atoms with van der Waals surface area (Å²) in [4.78, 5) is 0. The Bertz CT molecular complexity index is 601. The van der Waals surface area contributed by atoms with Gasteiger partial charge in [-0.2, -0.15) is 39.5 Å². The van der Waals surface area contributed by atoms with Gasteiger partial charge in [-0.05, 0) is 27.7 Å². The zero-order valence-corrected chi connectivity index (χ0v) is 19.5. The van der Waals surface area contributed by atoms with Crippen LogP contribution in [0, 0.1) is 0 Å². The van der Waals surface area contributed by atoms with Gasteiger partial charge in [0.1, 0.15) is 11.9 Å². The van der Waals surface area contributed by atoms with E-state index in [1.165, 1.54) is 13.8 Å². The predicted molar refractivity (Wildman–Crippen MR) is 96.9 cm³/mol. The van der Waals surface area contributed by atoms with Gasteiger partial charge in [-0.15, -0.1) is 0 Å². The van der Waals surface area contributed by atoms with Gasteiger partial charge in [-0.3, -0.25) is 0 Å². The molecule has 0 spiro atoms. The van der Waals surface area contributed by atoms with Crippen LogP contribution in [0.15, 0.2) is 4.74 Å². The van der Waals surface area contributed by atoms with E-state index in [2.05, 4.69) is 4.74 Å². The molecule has 0 amide bonds. The summed E-state index contributed by atoms with van der Waals surface area (Å²) in [6, 6.07) is 0. The molecule has 0 saturated heterocycles. The second-order valence-corrected chi connectivity index (χ2v) is 17.1. The molecular weight excluding hydrogens is 472 g/mol. The largest absolute Gasteiger partial charge is 0.412 e. The van der Waals surface area contributed by atoms with Gasteiger partial charge >= 0.3 is 18.5 Å². The maximum Gasteiger partial charge on any atom is 0.412 e. The Kier molecular flexibility index (Phi) is 9.19. The molecule has 0 unspecified atom stereocenters. The van der Waals surface area contributed by atoms with E-state index >= 15 is 0 Å². The molecule has 0 atom stereocenters. The minimum atomic E-state index is -4.99. The van der Waals surface area contributed by atoms with E-state index in [0.717, 1.165) is 13.8 Å². The van der Waals surface area contributed by atoms with Crippen molar-refractivity contribution in [3.8, 4) is 0 Å². The Morgan fingerprint density at radius 2 is 1.00 bits per heavy atom. The van der Waals surface area contributed by atoms with E-state index in [4.69, 9.17) is 13.8 Å². The van der Waals surface area contributed by atoms with E-state index in [0.29, 0.717) is 0 Å². The van der Waals surface area contributed by atoms with Gasteiger partial charge in [-0.25, -0.2) is 4.74 Å². The van der Waals surface area contributed by atoms with Crippen LogP contribution in [0.5, 0.6) is 0 Å². The first-order chi connectivity index (χ1) is 12.8. The lowest BCUT2D eigenvalue weighted by Gasteiger charge is -2.43. The molecule has 30 heavy (non-hydrogen) atoms. The van der Waals surface area contributed by atoms with Crippen LogP contribution < -0.4 is 0 Å². The zero-order chi connectivity index (χ0) is 24.4. The van der Waals surface area contributed by atoms with Crippen LogP contribution in [0.25, 0.3) is 0 Å². The van der Waals surface area contributed by atoms with Gasteiger partial charge in [-0.1, -0.05) is 19.6 Å². The average molecular weight is 499 g/mol. The van der Waals surface area contributed by atoms with Gasteiger partial charge in [0, 0.05) is 5.16 Å². The normalized spacial score (nSPS) is 15.5. The molecule has 0 bridgehead atoms. The Morgan fingerprint density at radius 3 is 1.27 bits per heavy atom. The molecule has 0 aliphatic heterocycles. The topological polar surface area (TPSA) is 40.0 Å². The molecule has 4 nitrogen and oxygen atoms in total. The first-order valence-corrected chi connectivity index (χ1v) is 13.7. The first-order valence-electron chi connectivity index (χ1n) is 8.59. The van der Waals surface area contributed by atoms with Crippen molar-refractivity contribution in [2.75, 3.05) is 19.8 Å². The highest BCUT2D eigenvalue weighted by molar-refractivity contribution is 7.58. The third kappa shape index (κ3) is 9.88. The zero-order valence-electron chi connectivity index (χ0n) is 17.6. The maximum atomic E-state index is 12.9. The highest BCUT2D eigenvalue weighted by atomic mass is 31.2. The van der Waals surface area contributed by atoms with Gasteiger partial charge < -0.3 is 13.8 Å². The van der Waals surface area contributed by atoms with Crippen LogP contribution in [-0.2, 0) is 13.8 Å². The summed E-state index contributed by atoms with van der Waals surface area (Å²) in [5.74, 6) is 0. The van der Waals surface area contributed by atoms with E-state index in [1.54, 1.807) is 19.6 Å². The lowest BCUT2D eigenvalue weighted by Crippen LogP contribution is -2.46. The smallest absolute Gasteiger partial charge is 0.355 e. The maximum absolute atomic E-state index is 12.9. The standard InChI is InChI=1S/C15H27F9NO3PSi/c1-11(2,30(5,6)7)25-29(27-9-14(19,20)21,28-10-15(22,23)24)12(3,4)26-8-13(16,17)18/h8-10H2,1-7H3. The van der Waals surface area contributed by atoms with Crippen LogP contribution in [0.1, 0.15) is 27.7 Å². The number of halogens is 9. The van der Waals surface area contributed by atoms with Crippen molar-refractivity contribution in [3.63, 3.8) is 0 Å². The molecule has 0 aliphatic carbocycles. The van der Waals surface area contributed by atoms with Gasteiger partial charge in [0.25, 0.3) is 0 Å². The quantitative estimate of drug-likeness (QED) is 0.192. The molecule has 0 aromatic rings. The molecule has 0 rings (SSSR count). The Labute approximate surface area is 170 Å². The average Bonchev–Trinajstić information content (AvgIpc) is 2.44. The summed E-state index contributed by atoms with van der Waals surface area (Å²) >= 11 is 0. The summed E-state index contributed by atoms with van der Waals surface area (Å²) < 4.78 is 134. The van der Waals surface area contributed by atoms with Crippen molar-refractivity contribution in [2.24, 2.45) is 4.74 Å². The van der Waals surface area contributed by atoms with E-state index in [9.17, 15) is 39.5 Å². The SMILES string of the molecule is CC(C)(N=P(OCC(F)(F)F)(OCC(F)(F)F)C(C)(C)OCC(F)(F)F)[Si](C)(C)C. The number of ether oxygens (including phenoxy) is 1. The van der Waals surface area contributed by atoms with Gasteiger partial charge in [0.2, 0.25) is 7.51 Å². The van der Waals surface area contributed by atoms with Crippen molar-refractivity contribution >= 4 is 15.6 Å². The number of alkyl halides is 9. The van der Waals surface area contributed by atoms with E-state index in [-0.39, 0.29) is 0 Å². The van der Waals surface area contributed by atoms with E-state index < -0.39 is 64.4 Å². The van der Waals surface area contributed by atoms with Crippen molar-refractivity contribution < 1.29 is 53.3 Å². The summed E-state index contributed by atoms with van der Waals surface area (Å²) in [5, 5.41) is -3.59. The van der Waals surface area contributed by atoms with Crippen molar-refractivity contribution in [3.05, 3.63) is 0 Å². The van der Waals surface area contributed by atoms with Crippen LogP contribution in [0.2, 0.25) is 19.6 Å². The molecule has 0 heterocycles. The molecule has 0 aromatic carbocycles. The minimum Gasteiger partial charge on any atom is -0.355 e. The number of rotatable bonds is 9. The highest BCUT2D eigenvalue weighted by Gasteiger charge is 2.51. The van der Waals surface area contributed by atoms with Gasteiger partial charge in [0.15, 0.2) is 13.2 Å². The van der Waals surface area contributed by atoms with Crippen molar-refractivity contribution in [2.45, 2.75) is 76.4 Å². The summed E-state index contributed by atoms with van der Waals surface area (Å²) in [6.07, 6.45) is -14.9. The Balaban J connectivity index is 6.68.